The van der Waals surface area contributed by atoms with Gasteiger partial charge in [-0.2, -0.15) is 0 Å². The summed E-state index contributed by atoms with van der Waals surface area (Å²) in [4.78, 5) is 10.9. The molecule has 1 amide bonds. The van der Waals surface area contributed by atoms with E-state index in [2.05, 4.69) is 20.5 Å². The van der Waals surface area contributed by atoms with Gasteiger partial charge in [-0.15, -0.1) is 0 Å². The third-order valence-electron chi connectivity index (χ3n) is 1.91. The number of rotatable bonds is 4. The minimum absolute atomic E-state index is 0.0104. The lowest BCUT2D eigenvalue weighted by Crippen LogP contribution is -2.10. The van der Waals surface area contributed by atoms with E-state index in [1.165, 1.54) is 0 Å². The molecule has 0 aliphatic carbocycles. The normalized spacial score (nSPS) is 9.79. The molecule has 1 aromatic rings. The van der Waals surface area contributed by atoms with Crippen molar-refractivity contribution in [2.24, 2.45) is 0 Å². The predicted octanol–water partition coefficient (Wildman–Crippen LogP) is 2.14. The molecule has 4 heteroatoms. The number of aryl methyl sites for hydroxylation is 1. The van der Waals surface area contributed by atoms with Crippen LogP contribution >= 0.6 is 16.1 Å². The lowest BCUT2D eigenvalue weighted by molar-refractivity contribution is -0.119. The van der Waals surface area contributed by atoms with Gasteiger partial charge in [-0.1, -0.05) is 12.1 Å². The Labute approximate surface area is 91.5 Å². The van der Waals surface area contributed by atoms with Crippen LogP contribution in [-0.2, 0) is 11.2 Å². The number of benzene rings is 1. The van der Waals surface area contributed by atoms with Crippen LogP contribution in [0.3, 0.4) is 0 Å². The van der Waals surface area contributed by atoms with E-state index >= 15 is 0 Å². The molecular weight excluding hydrogens is 246 g/mol. The highest BCUT2D eigenvalue weighted by Crippen LogP contribution is 2.11. The topological polar surface area (TPSA) is 49.3 Å². The number of hydrogen-bond donors (Lipinski definition) is 2. The van der Waals surface area contributed by atoms with Crippen molar-refractivity contribution in [3.8, 4) is 5.75 Å². The van der Waals surface area contributed by atoms with Crippen molar-refractivity contribution >= 4 is 22.1 Å². The Hall–Kier alpha value is -1.03. The van der Waals surface area contributed by atoms with Crippen molar-refractivity contribution in [1.82, 2.24) is 4.34 Å². The Morgan fingerprint density at radius 2 is 2.00 bits per heavy atom. The molecule has 0 heterocycles. The van der Waals surface area contributed by atoms with Gasteiger partial charge in [-0.3, -0.25) is 9.14 Å². The summed E-state index contributed by atoms with van der Waals surface area (Å²) in [5, 5.41) is 9.04. The monoisotopic (exact) mass is 257 g/mol. The first-order chi connectivity index (χ1) is 6.72. The standard InChI is InChI=1S/C10H12BrNO2/c11-12-10(14)3-1-2-8-4-6-9(13)7-5-8/h4-7,13H,1-3H2,(H,12,14). The van der Waals surface area contributed by atoms with Crippen LogP contribution in [0.25, 0.3) is 0 Å². The molecule has 0 atom stereocenters. The highest BCUT2D eigenvalue weighted by atomic mass is 79.9. The first kappa shape index (κ1) is 11.0. The average Bonchev–Trinajstić information content (AvgIpc) is 2.21. The minimum atomic E-state index is -0.0104. The van der Waals surface area contributed by atoms with Crippen LogP contribution in [0.4, 0.5) is 0 Å². The molecule has 14 heavy (non-hydrogen) atoms. The molecule has 0 aromatic heterocycles. The second-order valence-electron chi connectivity index (χ2n) is 3.04. The third-order valence-corrected chi connectivity index (χ3v) is 2.35. The summed E-state index contributed by atoms with van der Waals surface area (Å²) < 4.78 is 2.39. The van der Waals surface area contributed by atoms with Gasteiger partial charge in [0.15, 0.2) is 0 Å². The molecule has 0 spiro atoms. The number of carbonyl (C=O) groups excluding carboxylic acids is 1. The number of phenols is 1. The molecule has 0 saturated heterocycles. The summed E-state index contributed by atoms with van der Waals surface area (Å²) in [6, 6.07) is 7.03. The van der Waals surface area contributed by atoms with E-state index in [0.717, 1.165) is 18.4 Å². The second-order valence-corrected chi connectivity index (χ2v) is 3.43. The first-order valence-corrected chi connectivity index (χ1v) is 5.19. The molecule has 0 bridgehead atoms. The number of aromatic hydroxyl groups is 1. The predicted molar refractivity (Wildman–Crippen MR) is 58.1 cm³/mol. The van der Waals surface area contributed by atoms with Gasteiger partial charge >= 0.3 is 0 Å². The SMILES string of the molecule is O=C(CCCc1ccc(O)cc1)NBr. The number of amides is 1. The summed E-state index contributed by atoms with van der Waals surface area (Å²) in [6.45, 7) is 0. The van der Waals surface area contributed by atoms with Crippen LogP contribution in [0.15, 0.2) is 24.3 Å². The van der Waals surface area contributed by atoms with E-state index in [1.807, 2.05) is 12.1 Å². The molecule has 0 unspecified atom stereocenters. The zero-order valence-electron chi connectivity index (χ0n) is 7.66. The zero-order chi connectivity index (χ0) is 10.4. The molecule has 1 aromatic carbocycles. The largest absolute Gasteiger partial charge is 0.508 e. The highest BCUT2D eigenvalue weighted by molar-refractivity contribution is 9.08. The number of phenolic OH excluding ortho intramolecular Hbond substituents is 1. The molecule has 3 nitrogen and oxygen atoms in total. The van der Waals surface area contributed by atoms with Crippen molar-refractivity contribution in [1.29, 1.82) is 0 Å². The highest BCUT2D eigenvalue weighted by Gasteiger charge is 1.99. The van der Waals surface area contributed by atoms with Gasteiger partial charge in [-0.05, 0) is 30.5 Å². The Morgan fingerprint density at radius 1 is 1.36 bits per heavy atom. The van der Waals surface area contributed by atoms with Crippen LogP contribution in [0.1, 0.15) is 18.4 Å². The molecule has 0 aliphatic heterocycles. The molecule has 76 valence electrons. The van der Waals surface area contributed by atoms with Gasteiger partial charge in [0.05, 0.1) is 0 Å². The van der Waals surface area contributed by atoms with Crippen molar-refractivity contribution in [2.75, 3.05) is 0 Å². The Balaban J connectivity index is 2.31. The number of hydrogen-bond acceptors (Lipinski definition) is 2. The zero-order valence-corrected chi connectivity index (χ0v) is 9.25. The third kappa shape index (κ3) is 3.79. The molecule has 0 saturated carbocycles. The molecule has 1 rings (SSSR count). The van der Waals surface area contributed by atoms with Crippen molar-refractivity contribution in [2.45, 2.75) is 19.3 Å². The summed E-state index contributed by atoms with van der Waals surface area (Å²) in [7, 11) is 0. The maximum absolute atomic E-state index is 10.9. The number of halogens is 1. The van der Waals surface area contributed by atoms with Gasteiger partial charge in [0.2, 0.25) is 5.91 Å². The molecule has 0 fully saturated rings. The lowest BCUT2D eigenvalue weighted by Gasteiger charge is -2.00. The van der Waals surface area contributed by atoms with Gasteiger partial charge in [-0.25, -0.2) is 0 Å². The van der Waals surface area contributed by atoms with Gasteiger partial charge in [0, 0.05) is 22.6 Å². The Kier molecular flexibility index (Phi) is 4.46. The lowest BCUT2D eigenvalue weighted by atomic mass is 10.1. The van der Waals surface area contributed by atoms with Crippen LogP contribution in [0.2, 0.25) is 0 Å². The smallest absolute Gasteiger partial charge is 0.229 e. The van der Waals surface area contributed by atoms with E-state index in [9.17, 15) is 4.79 Å². The van der Waals surface area contributed by atoms with Crippen molar-refractivity contribution < 1.29 is 9.90 Å². The van der Waals surface area contributed by atoms with Gasteiger partial charge in [0.1, 0.15) is 5.75 Å². The van der Waals surface area contributed by atoms with Crippen molar-refractivity contribution in [3.05, 3.63) is 29.8 Å². The quantitative estimate of drug-likeness (QED) is 0.813. The van der Waals surface area contributed by atoms with E-state index in [1.54, 1.807) is 12.1 Å². The molecule has 2 N–H and O–H groups in total. The number of carbonyl (C=O) groups is 1. The van der Waals surface area contributed by atoms with Gasteiger partial charge < -0.3 is 5.11 Å². The summed E-state index contributed by atoms with van der Waals surface area (Å²) >= 11 is 2.88. The van der Waals surface area contributed by atoms with Crippen LogP contribution < -0.4 is 4.34 Å². The van der Waals surface area contributed by atoms with E-state index in [0.29, 0.717) is 6.42 Å². The Morgan fingerprint density at radius 3 is 2.57 bits per heavy atom. The summed E-state index contributed by atoms with van der Waals surface area (Å²) in [5.41, 5.74) is 1.13. The molecule has 0 aliphatic rings. The summed E-state index contributed by atoms with van der Waals surface area (Å²) in [5.74, 6) is 0.260. The second kappa shape index (κ2) is 5.65. The maximum atomic E-state index is 10.9. The van der Waals surface area contributed by atoms with Crippen molar-refractivity contribution in [3.63, 3.8) is 0 Å². The van der Waals surface area contributed by atoms with Gasteiger partial charge in [0.25, 0.3) is 0 Å². The molecule has 0 radical (unpaired) electrons. The maximum Gasteiger partial charge on any atom is 0.229 e. The Bertz CT molecular complexity index is 297. The van der Waals surface area contributed by atoms with E-state index in [-0.39, 0.29) is 11.7 Å². The summed E-state index contributed by atoms with van der Waals surface area (Å²) in [6.07, 6.45) is 2.16. The van der Waals surface area contributed by atoms with Crippen LogP contribution in [0.5, 0.6) is 5.75 Å². The number of nitrogens with one attached hydrogen (secondary N) is 1. The fourth-order valence-corrected chi connectivity index (χ4v) is 1.36. The van der Waals surface area contributed by atoms with Crippen LogP contribution in [0, 0.1) is 0 Å². The first-order valence-electron chi connectivity index (χ1n) is 4.40. The fraction of sp³-hybridized carbons (Fsp3) is 0.300. The van der Waals surface area contributed by atoms with E-state index < -0.39 is 0 Å². The average molecular weight is 258 g/mol. The minimum Gasteiger partial charge on any atom is -0.508 e. The molecular formula is C10H12BrNO2. The van der Waals surface area contributed by atoms with E-state index in [4.69, 9.17) is 5.11 Å². The van der Waals surface area contributed by atoms with Crippen LogP contribution in [-0.4, -0.2) is 11.0 Å². The fourth-order valence-electron chi connectivity index (χ4n) is 1.16.